The molecule has 21 heavy (non-hydrogen) atoms. The first-order valence-electron chi connectivity index (χ1n) is 6.41. The highest BCUT2D eigenvalue weighted by Crippen LogP contribution is 2.15. The first-order chi connectivity index (χ1) is 10.2. The maximum atomic E-state index is 11.0. The van der Waals surface area contributed by atoms with Gasteiger partial charge in [-0.1, -0.05) is 12.1 Å². The van der Waals surface area contributed by atoms with Crippen LogP contribution in [0.4, 0.5) is 5.69 Å². The van der Waals surface area contributed by atoms with E-state index in [1.165, 1.54) is 0 Å². The van der Waals surface area contributed by atoms with Crippen molar-refractivity contribution in [2.75, 3.05) is 11.9 Å². The smallest absolute Gasteiger partial charge is 0.248 e. The van der Waals surface area contributed by atoms with Gasteiger partial charge in [-0.15, -0.1) is 0 Å². The third-order valence-electron chi connectivity index (χ3n) is 2.87. The Morgan fingerprint density at radius 1 is 1.24 bits per heavy atom. The molecule has 2 aromatic carbocycles. The van der Waals surface area contributed by atoms with E-state index in [4.69, 9.17) is 15.7 Å². The monoisotopic (exact) mass is 281 g/mol. The van der Waals surface area contributed by atoms with Gasteiger partial charge >= 0.3 is 0 Å². The zero-order valence-electron chi connectivity index (χ0n) is 11.4. The molecule has 0 spiro atoms. The Kier molecular flexibility index (Phi) is 4.78. The molecule has 0 saturated heterocycles. The van der Waals surface area contributed by atoms with Crippen LogP contribution in [0.2, 0.25) is 0 Å². The average Bonchev–Trinajstić information content (AvgIpc) is 2.52. The van der Waals surface area contributed by atoms with Crippen molar-refractivity contribution in [3.05, 3.63) is 59.7 Å². The minimum atomic E-state index is -0.441. The largest absolute Gasteiger partial charge is 0.479 e. The number of carbonyl (C=O) groups is 1. The number of amides is 1. The van der Waals surface area contributed by atoms with Crippen LogP contribution in [-0.4, -0.2) is 12.5 Å². The number of rotatable bonds is 6. The minimum absolute atomic E-state index is 0.0332. The van der Waals surface area contributed by atoms with E-state index in [0.717, 1.165) is 11.3 Å². The third-order valence-corrected chi connectivity index (χ3v) is 2.87. The molecule has 0 aromatic heterocycles. The summed E-state index contributed by atoms with van der Waals surface area (Å²) in [7, 11) is 0. The van der Waals surface area contributed by atoms with Gasteiger partial charge in [-0.05, 0) is 42.0 Å². The van der Waals surface area contributed by atoms with Crippen LogP contribution in [0.3, 0.4) is 0 Å². The SMILES string of the molecule is N#CCOc1cccc(CNc2ccc(C(N)=O)cc2)c1. The second kappa shape index (κ2) is 6.96. The normalized spacial score (nSPS) is 9.67. The van der Waals surface area contributed by atoms with Crippen molar-refractivity contribution in [2.24, 2.45) is 5.73 Å². The maximum absolute atomic E-state index is 11.0. The lowest BCUT2D eigenvalue weighted by molar-refractivity contribution is 0.100. The van der Waals surface area contributed by atoms with Crippen molar-refractivity contribution >= 4 is 11.6 Å². The van der Waals surface area contributed by atoms with Gasteiger partial charge in [-0.25, -0.2) is 0 Å². The van der Waals surface area contributed by atoms with Crippen molar-refractivity contribution < 1.29 is 9.53 Å². The van der Waals surface area contributed by atoms with Crippen LogP contribution >= 0.6 is 0 Å². The van der Waals surface area contributed by atoms with Gasteiger partial charge in [0.15, 0.2) is 6.61 Å². The zero-order chi connectivity index (χ0) is 15.1. The third kappa shape index (κ3) is 4.25. The summed E-state index contributed by atoms with van der Waals surface area (Å²) in [5.41, 5.74) is 7.59. The molecule has 0 bridgehead atoms. The molecule has 0 heterocycles. The van der Waals surface area contributed by atoms with Gasteiger partial charge in [-0.2, -0.15) is 5.26 Å². The average molecular weight is 281 g/mol. The lowest BCUT2D eigenvalue weighted by Gasteiger charge is -2.08. The Morgan fingerprint density at radius 3 is 2.67 bits per heavy atom. The molecule has 5 nitrogen and oxygen atoms in total. The number of nitriles is 1. The van der Waals surface area contributed by atoms with Crippen LogP contribution in [0.15, 0.2) is 48.5 Å². The first-order valence-corrected chi connectivity index (χ1v) is 6.41. The van der Waals surface area contributed by atoms with Gasteiger partial charge < -0.3 is 15.8 Å². The Hall–Kier alpha value is -3.00. The highest BCUT2D eigenvalue weighted by Gasteiger charge is 2.00. The van der Waals surface area contributed by atoms with E-state index in [0.29, 0.717) is 17.9 Å². The van der Waals surface area contributed by atoms with Gasteiger partial charge in [0.25, 0.3) is 0 Å². The van der Waals surface area contributed by atoms with E-state index < -0.39 is 5.91 Å². The van der Waals surface area contributed by atoms with Crippen LogP contribution in [0.25, 0.3) is 0 Å². The highest BCUT2D eigenvalue weighted by molar-refractivity contribution is 5.93. The number of nitrogens with zero attached hydrogens (tertiary/aromatic N) is 1. The molecule has 0 aliphatic rings. The summed E-state index contributed by atoms with van der Waals surface area (Å²) in [6.07, 6.45) is 0. The molecule has 106 valence electrons. The Morgan fingerprint density at radius 2 is 2.00 bits per heavy atom. The Bertz CT molecular complexity index is 660. The second-order valence-electron chi connectivity index (χ2n) is 4.39. The van der Waals surface area contributed by atoms with Crippen molar-refractivity contribution in [3.8, 4) is 11.8 Å². The van der Waals surface area contributed by atoms with E-state index in [1.807, 2.05) is 30.3 Å². The highest BCUT2D eigenvalue weighted by atomic mass is 16.5. The number of anilines is 1. The summed E-state index contributed by atoms with van der Waals surface area (Å²) in [4.78, 5) is 11.0. The topological polar surface area (TPSA) is 88.1 Å². The number of hydrogen-bond acceptors (Lipinski definition) is 4. The number of nitrogens with one attached hydrogen (secondary N) is 1. The summed E-state index contributed by atoms with van der Waals surface area (Å²) in [6.45, 7) is 0.644. The second-order valence-corrected chi connectivity index (χ2v) is 4.39. The fourth-order valence-electron chi connectivity index (χ4n) is 1.82. The summed E-state index contributed by atoms with van der Waals surface area (Å²) < 4.78 is 5.25. The zero-order valence-corrected chi connectivity index (χ0v) is 11.4. The van der Waals surface area contributed by atoms with E-state index in [2.05, 4.69) is 5.32 Å². The molecule has 1 amide bonds. The van der Waals surface area contributed by atoms with Gasteiger partial charge in [0, 0.05) is 17.8 Å². The predicted octanol–water partition coefficient (Wildman–Crippen LogP) is 2.30. The Balaban J connectivity index is 1.96. The number of hydrogen-bond donors (Lipinski definition) is 2. The molecule has 3 N–H and O–H groups in total. The van der Waals surface area contributed by atoms with Gasteiger partial charge in [0.1, 0.15) is 11.8 Å². The van der Waals surface area contributed by atoms with E-state index in [1.54, 1.807) is 24.3 Å². The predicted molar refractivity (Wildman–Crippen MR) is 79.8 cm³/mol. The van der Waals surface area contributed by atoms with Crippen molar-refractivity contribution in [1.29, 1.82) is 5.26 Å². The van der Waals surface area contributed by atoms with Crippen LogP contribution in [0.5, 0.6) is 5.75 Å². The van der Waals surface area contributed by atoms with Crippen LogP contribution in [-0.2, 0) is 6.54 Å². The summed E-state index contributed by atoms with van der Waals surface area (Å²) >= 11 is 0. The molecule has 0 radical (unpaired) electrons. The molecule has 0 unspecified atom stereocenters. The molecular weight excluding hydrogens is 266 g/mol. The van der Waals surface area contributed by atoms with Gasteiger partial charge in [0.05, 0.1) is 0 Å². The molecule has 0 aliphatic carbocycles. The number of benzene rings is 2. The van der Waals surface area contributed by atoms with Gasteiger partial charge in [-0.3, -0.25) is 4.79 Å². The fourth-order valence-corrected chi connectivity index (χ4v) is 1.82. The number of nitrogens with two attached hydrogens (primary N) is 1. The summed E-state index contributed by atoms with van der Waals surface area (Å²) in [5, 5.41) is 11.7. The number of primary amides is 1. The fraction of sp³-hybridized carbons (Fsp3) is 0.125. The molecule has 0 fully saturated rings. The van der Waals surface area contributed by atoms with Crippen LogP contribution < -0.4 is 15.8 Å². The molecular formula is C16H15N3O2. The minimum Gasteiger partial charge on any atom is -0.479 e. The van der Waals surface area contributed by atoms with E-state index in [-0.39, 0.29) is 6.61 Å². The Labute approximate surface area is 123 Å². The van der Waals surface area contributed by atoms with Crippen LogP contribution in [0.1, 0.15) is 15.9 Å². The van der Waals surface area contributed by atoms with Gasteiger partial charge in [0.2, 0.25) is 5.91 Å². The quantitative estimate of drug-likeness (QED) is 0.850. The summed E-state index contributed by atoms with van der Waals surface area (Å²) in [5.74, 6) is 0.226. The molecule has 0 atom stereocenters. The number of carbonyl (C=O) groups excluding carboxylic acids is 1. The first kappa shape index (κ1) is 14.4. The molecule has 2 aromatic rings. The maximum Gasteiger partial charge on any atom is 0.248 e. The lowest BCUT2D eigenvalue weighted by atomic mass is 10.2. The molecule has 2 rings (SSSR count). The van der Waals surface area contributed by atoms with E-state index in [9.17, 15) is 4.79 Å². The molecule has 0 saturated carbocycles. The summed E-state index contributed by atoms with van der Waals surface area (Å²) in [6, 6.07) is 16.4. The lowest BCUT2D eigenvalue weighted by Crippen LogP contribution is -2.10. The van der Waals surface area contributed by atoms with E-state index >= 15 is 0 Å². The van der Waals surface area contributed by atoms with Crippen LogP contribution in [0, 0.1) is 11.3 Å². The molecule has 5 heteroatoms. The standard InChI is InChI=1S/C16H15N3O2/c17-8-9-21-15-3-1-2-12(10-15)11-19-14-6-4-13(5-7-14)16(18)20/h1-7,10,19H,9,11H2,(H2,18,20). The molecule has 0 aliphatic heterocycles. The van der Waals surface area contributed by atoms with Crippen molar-refractivity contribution in [3.63, 3.8) is 0 Å². The van der Waals surface area contributed by atoms with Crippen molar-refractivity contribution in [1.82, 2.24) is 0 Å². The van der Waals surface area contributed by atoms with Crippen molar-refractivity contribution in [2.45, 2.75) is 6.54 Å². The number of ether oxygens (including phenoxy) is 1.